The fraction of sp³-hybridized carbons (Fsp3) is 0.826. The van der Waals surface area contributed by atoms with E-state index in [1.54, 1.807) is 0 Å². The highest BCUT2D eigenvalue weighted by molar-refractivity contribution is 5.87. The Morgan fingerprint density at radius 2 is 2.04 bits per heavy atom. The zero-order chi connectivity index (χ0) is 17.9. The number of rotatable bonds is 2. The molecule has 0 bridgehead atoms. The lowest BCUT2D eigenvalue weighted by Gasteiger charge is -2.48. The van der Waals surface area contributed by atoms with E-state index in [1.807, 2.05) is 0 Å². The van der Waals surface area contributed by atoms with Crippen molar-refractivity contribution in [3.05, 3.63) is 11.6 Å². The number of ketones is 2. The summed E-state index contributed by atoms with van der Waals surface area (Å²) in [7, 11) is 0. The molecule has 3 nitrogen and oxygen atoms in total. The van der Waals surface area contributed by atoms with Crippen LogP contribution in [0.15, 0.2) is 11.6 Å². The minimum atomic E-state index is -0.147. The standard InChI is InChI=1S/C23H30O3/c1-13-11-18-16-6-9-22-12-15(24)5-10-23(22,26-22)17(16)7-8-21(18,2)19(13)20(25)14-3-4-14/h7,13-14,16,18-19H,3-6,8-12H2,1-2H3/t13-,16-,18+,19-,21+,22+,23+/m1/s1. The van der Waals surface area contributed by atoms with Gasteiger partial charge in [0.1, 0.15) is 22.8 Å². The van der Waals surface area contributed by atoms with Crippen molar-refractivity contribution < 1.29 is 14.3 Å². The third-order valence-electron chi connectivity index (χ3n) is 9.31. The van der Waals surface area contributed by atoms with Gasteiger partial charge in [0.05, 0.1) is 0 Å². The van der Waals surface area contributed by atoms with Crippen LogP contribution in [0.2, 0.25) is 0 Å². The van der Waals surface area contributed by atoms with Crippen LogP contribution in [-0.2, 0) is 14.3 Å². The first kappa shape index (κ1) is 16.0. The Hall–Kier alpha value is -0.960. The van der Waals surface area contributed by atoms with Crippen molar-refractivity contribution in [1.82, 2.24) is 0 Å². The van der Waals surface area contributed by atoms with E-state index < -0.39 is 0 Å². The Bertz CT molecular complexity index is 749. The highest BCUT2D eigenvalue weighted by Gasteiger charge is 2.77. The quantitative estimate of drug-likeness (QED) is 0.550. The summed E-state index contributed by atoms with van der Waals surface area (Å²) < 4.78 is 6.43. The number of epoxide rings is 1. The van der Waals surface area contributed by atoms with Crippen LogP contribution < -0.4 is 0 Å². The second-order valence-electron chi connectivity index (χ2n) is 10.6. The second-order valence-corrected chi connectivity index (χ2v) is 10.6. The smallest absolute Gasteiger partial charge is 0.139 e. The van der Waals surface area contributed by atoms with Gasteiger partial charge in [0.15, 0.2) is 0 Å². The predicted molar refractivity (Wildman–Crippen MR) is 97.4 cm³/mol. The third-order valence-corrected chi connectivity index (χ3v) is 9.31. The zero-order valence-corrected chi connectivity index (χ0v) is 16.1. The van der Waals surface area contributed by atoms with E-state index in [0.717, 1.165) is 38.5 Å². The molecule has 6 aliphatic rings. The fourth-order valence-corrected chi connectivity index (χ4v) is 8.02. The van der Waals surface area contributed by atoms with Gasteiger partial charge in [0.2, 0.25) is 0 Å². The van der Waals surface area contributed by atoms with Crippen LogP contribution in [-0.4, -0.2) is 22.8 Å². The van der Waals surface area contributed by atoms with Gasteiger partial charge in [-0.25, -0.2) is 0 Å². The van der Waals surface area contributed by atoms with Crippen LogP contribution in [0.25, 0.3) is 0 Å². The highest BCUT2D eigenvalue weighted by atomic mass is 16.6. The number of hydrogen-bond acceptors (Lipinski definition) is 3. The minimum Gasteiger partial charge on any atom is -0.357 e. The van der Waals surface area contributed by atoms with Crippen molar-refractivity contribution in [2.24, 2.45) is 35.0 Å². The van der Waals surface area contributed by atoms with E-state index in [4.69, 9.17) is 4.74 Å². The molecule has 140 valence electrons. The summed E-state index contributed by atoms with van der Waals surface area (Å²) in [6, 6.07) is 0. The molecule has 3 heteroatoms. The molecule has 5 fully saturated rings. The van der Waals surface area contributed by atoms with Crippen LogP contribution in [0.5, 0.6) is 0 Å². The Balaban J connectivity index is 1.37. The molecular weight excluding hydrogens is 324 g/mol. The molecule has 1 saturated heterocycles. The highest BCUT2D eigenvalue weighted by Crippen LogP contribution is 2.72. The summed E-state index contributed by atoms with van der Waals surface area (Å²) in [5, 5.41) is 0. The maximum absolute atomic E-state index is 13.1. The Kier molecular flexibility index (Phi) is 2.91. The number of ether oxygens (including phenoxy) is 1. The van der Waals surface area contributed by atoms with Gasteiger partial charge in [-0.3, -0.25) is 9.59 Å². The van der Waals surface area contributed by atoms with Crippen LogP contribution in [0, 0.1) is 35.0 Å². The van der Waals surface area contributed by atoms with E-state index in [9.17, 15) is 9.59 Å². The topological polar surface area (TPSA) is 46.7 Å². The first-order valence-electron chi connectivity index (χ1n) is 10.9. The third kappa shape index (κ3) is 1.75. The van der Waals surface area contributed by atoms with Crippen LogP contribution in [0.3, 0.4) is 0 Å². The first-order chi connectivity index (χ1) is 12.4. The van der Waals surface area contributed by atoms with E-state index in [0.29, 0.717) is 48.1 Å². The lowest BCUT2D eigenvalue weighted by atomic mass is 9.53. The first-order valence-corrected chi connectivity index (χ1v) is 10.9. The summed E-state index contributed by atoms with van der Waals surface area (Å²) in [5.74, 6) is 3.32. The summed E-state index contributed by atoms with van der Waals surface area (Å²) in [5.41, 5.74) is 1.42. The molecule has 0 amide bonds. The summed E-state index contributed by atoms with van der Waals surface area (Å²) in [4.78, 5) is 25.1. The van der Waals surface area contributed by atoms with Gasteiger partial charge in [-0.05, 0) is 73.7 Å². The van der Waals surface area contributed by atoms with E-state index in [2.05, 4.69) is 19.9 Å². The molecule has 0 unspecified atom stereocenters. The van der Waals surface area contributed by atoms with Crippen molar-refractivity contribution >= 4 is 11.6 Å². The van der Waals surface area contributed by atoms with Crippen LogP contribution in [0.1, 0.15) is 71.6 Å². The maximum Gasteiger partial charge on any atom is 0.139 e. The predicted octanol–water partition coefficient (Wildman–Crippen LogP) is 4.24. The zero-order valence-electron chi connectivity index (χ0n) is 16.1. The molecule has 1 heterocycles. The van der Waals surface area contributed by atoms with Crippen LogP contribution in [0.4, 0.5) is 0 Å². The molecule has 0 aromatic heterocycles. The molecular formula is C23H30O3. The normalized spacial score (nSPS) is 54.5. The lowest BCUT2D eigenvalue weighted by Crippen LogP contribution is -2.48. The minimum absolute atomic E-state index is 0.104. The number of hydrogen-bond donors (Lipinski definition) is 0. The number of carbonyl (C=O) groups is 2. The van der Waals surface area contributed by atoms with Gasteiger partial charge in [-0.1, -0.05) is 19.9 Å². The van der Waals surface area contributed by atoms with Gasteiger partial charge in [0.25, 0.3) is 0 Å². The van der Waals surface area contributed by atoms with Gasteiger partial charge in [-0.15, -0.1) is 0 Å². The SMILES string of the molecule is C[C@@H]1C[C@H]2[C@@H]3CC[C@]45CC(=O)CC[C@]4(O5)C3=CC[C@]2(C)[C@H]1C(=O)C1CC1. The number of allylic oxidation sites excluding steroid dienone is 1. The number of Topliss-reactive ketones (excluding diaryl/α,β-unsaturated/α-hetero) is 2. The van der Waals surface area contributed by atoms with Gasteiger partial charge >= 0.3 is 0 Å². The molecule has 0 spiro atoms. The van der Waals surface area contributed by atoms with Gasteiger partial charge in [-0.2, -0.15) is 0 Å². The molecule has 0 aromatic rings. The molecule has 7 atom stereocenters. The van der Waals surface area contributed by atoms with Crippen molar-refractivity contribution in [1.29, 1.82) is 0 Å². The fourth-order valence-electron chi connectivity index (χ4n) is 8.02. The number of fused-ring (bicyclic) bond motifs is 3. The largest absolute Gasteiger partial charge is 0.357 e. The van der Waals surface area contributed by atoms with Crippen molar-refractivity contribution in [3.8, 4) is 0 Å². The van der Waals surface area contributed by atoms with E-state index in [1.165, 1.54) is 12.0 Å². The van der Waals surface area contributed by atoms with E-state index >= 15 is 0 Å². The average Bonchev–Trinajstić information content (AvgIpc) is 3.48. The van der Waals surface area contributed by atoms with Gasteiger partial charge < -0.3 is 4.74 Å². The molecule has 0 aromatic carbocycles. The Morgan fingerprint density at radius 1 is 1.23 bits per heavy atom. The average molecular weight is 354 g/mol. The molecule has 5 aliphatic carbocycles. The summed E-state index contributed by atoms with van der Waals surface area (Å²) in [6.07, 6.45) is 11.4. The van der Waals surface area contributed by atoms with Crippen molar-refractivity contribution in [2.45, 2.75) is 82.8 Å². The van der Waals surface area contributed by atoms with Gasteiger partial charge in [0, 0.05) is 24.7 Å². The molecule has 4 saturated carbocycles. The maximum atomic E-state index is 13.1. The summed E-state index contributed by atoms with van der Waals surface area (Å²) in [6.45, 7) is 4.74. The van der Waals surface area contributed by atoms with Crippen LogP contribution >= 0.6 is 0 Å². The molecule has 26 heavy (non-hydrogen) atoms. The van der Waals surface area contributed by atoms with E-state index in [-0.39, 0.29) is 22.5 Å². The number of carbonyl (C=O) groups excluding carboxylic acids is 2. The molecule has 1 aliphatic heterocycles. The Morgan fingerprint density at radius 3 is 2.81 bits per heavy atom. The van der Waals surface area contributed by atoms with Crippen molar-refractivity contribution in [2.75, 3.05) is 0 Å². The molecule has 6 rings (SSSR count). The Labute approximate surface area is 155 Å². The van der Waals surface area contributed by atoms with Crippen molar-refractivity contribution in [3.63, 3.8) is 0 Å². The monoisotopic (exact) mass is 354 g/mol. The summed E-state index contributed by atoms with van der Waals surface area (Å²) >= 11 is 0. The molecule has 0 N–H and O–H groups in total. The lowest BCUT2D eigenvalue weighted by molar-refractivity contribution is -0.129. The second kappa shape index (κ2) is 4.71. The molecule has 0 radical (unpaired) electrons.